The number of hydrogen-bond donors (Lipinski definition) is 1. The molecule has 0 saturated carbocycles. The molecule has 1 saturated heterocycles. The number of hydrogen-bond acceptors (Lipinski definition) is 5. The SMILES string of the molecule is COC1CCCN(c2cc(C)cc(Nc3ncn(-c4cc(F)cc(F)c4)n3)c2)C1. The Morgan fingerprint density at radius 2 is 1.86 bits per heavy atom. The third-order valence-electron chi connectivity index (χ3n) is 5.00. The molecule has 1 aliphatic rings. The highest BCUT2D eigenvalue weighted by atomic mass is 19.1. The number of ether oxygens (including phenoxy) is 1. The molecule has 0 aliphatic carbocycles. The minimum Gasteiger partial charge on any atom is -0.380 e. The number of methoxy groups -OCH3 is 1. The Morgan fingerprint density at radius 3 is 2.62 bits per heavy atom. The maximum Gasteiger partial charge on any atom is 0.246 e. The van der Waals surface area contributed by atoms with E-state index in [0.717, 1.165) is 48.9 Å². The molecule has 0 spiro atoms. The number of nitrogens with one attached hydrogen (secondary N) is 1. The Kier molecular flexibility index (Phi) is 5.44. The summed E-state index contributed by atoms with van der Waals surface area (Å²) in [6, 6.07) is 9.43. The summed E-state index contributed by atoms with van der Waals surface area (Å²) in [4.78, 5) is 6.52. The lowest BCUT2D eigenvalue weighted by Crippen LogP contribution is -2.39. The van der Waals surface area contributed by atoms with Gasteiger partial charge >= 0.3 is 0 Å². The molecule has 29 heavy (non-hydrogen) atoms. The fourth-order valence-corrected chi connectivity index (χ4v) is 3.63. The third kappa shape index (κ3) is 4.54. The van der Waals surface area contributed by atoms with Crippen molar-refractivity contribution in [3.8, 4) is 5.69 Å². The summed E-state index contributed by atoms with van der Waals surface area (Å²) in [5, 5.41) is 7.46. The molecule has 1 N–H and O–H groups in total. The van der Waals surface area contributed by atoms with E-state index in [1.54, 1.807) is 7.11 Å². The van der Waals surface area contributed by atoms with Crippen LogP contribution in [0.25, 0.3) is 5.69 Å². The second-order valence-electron chi connectivity index (χ2n) is 7.27. The maximum absolute atomic E-state index is 13.5. The number of aromatic nitrogens is 3. The van der Waals surface area contributed by atoms with Gasteiger partial charge in [0.1, 0.15) is 18.0 Å². The Balaban J connectivity index is 1.54. The minimum absolute atomic E-state index is 0.240. The van der Waals surface area contributed by atoms with Crippen molar-refractivity contribution in [2.24, 2.45) is 0 Å². The molecular weight excluding hydrogens is 376 g/mol. The van der Waals surface area contributed by atoms with Crippen molar-refractivity contribution in [1.29, 1.82) is 0 Å². The van der Waals surface area contributed by atoms with Gasteiger partial charge in [-0.2, -0.15) is 4.98 Å². The molecule has 1 aromatic heterocycles. The quantitative estimate of drug-likeness (QED) is 0.697. The van der Waals surface area contributed by atoms with Crippen LogP contribution in [0.5, 0.6) is 0 Å². The van der Waals surface area contributed by atoms with Crippen LogP contribution >= 0.6 is 0 Å². The summed E-state index contributed by atoms with van der Waals surface area (Å²) >= 11 is 0. The second-order valence-corrected chi connectivity index (χ2v) is 7.27. The molecule has 1 aliphatic heterocycles. The summed E-state index contributed by atoms with van der Waals surface area (Å²) in [7, 11) is 1.75. The highest BCUT2D eigenvalue weighted by molar-refractivity contribution is 5.64. The molecular formula is C21H23F2N5O. The molecule has 0 amide bonds. The topological polar surface area (TPSA) is 55.2 Å². The number of nitrogens with zero attached hydrogens (tertiary/aromatic N) is 4. The molecule has 1 fully saturated rings. The van der Waals surface area contributed by atoms with E-state index in [1.165, 1.54) is 23.1 Å². The summed E-state index contributed by atoms with van der Waals surface area (Å²) in [5.41, 5.74) is 3.34. The van der Waals surface area contributed by atoms with Gasteiger partial charge in [-0.05, 0) is 55.7 Å². The Bertz CT molecular complexity index is 986. The summed E-state index contributed by atoms with van der Waals surface area (Å²) in [6.07, 6.45) is 3.82. The molecule has 0 bridgehead atoms. The number of halogens is 2. The van der Waals surface area contributed by atoms with Gasteiger partial charge in [0, 0.05) is 37.6 Å². The van der Waals surface area contributed by atoms with Crippen molar-refractivity contribution in [2.75, 3.05) is 30.4 Å². The molecule has 152 valence electrons. The number of anilines is 3. The predicted octanol–water partition coefficient (Wildman–Crippen LogP) is 4.21. The Hall–Kier alpha value is -3.00. The molecule has 1 atom stereocenters. The Morgan fingerprint density at radius 1 is 1.07 bits per heavy atom. The van der Waals surface area contributed by atoms with Gasteiger partial charge in [0.2, 0.25) is 5.95 Å². The first kappa shape index (κ1) is 19.3. The zero-order valence-corrected chi connectivity index (χ0v) is 16.4. The van der Waals surface area contributed by atoms with Crippen LogP contribution in [0.3, 0.4) is 0 Å². The van der Waals surface area contributed by atoms with Crippen LogP contribution in [-0.2, 0) is 4.74 Å². The van der Waals surface area contributed by atoms with Crippen LogP contribution in [0.4, 0.5) is 26.1 Å². The van der Waals surface area contributed by atoms with E-state index in [0.29, 0.717) is 5.95 Å². The van der Waals surface area contributed by atoms with E-state index < -0.39 is 11.6 Å². The van der Waals surface area contributed by atoms with Crippen LogP contribution < -0.4 is 10.2 Å². The molecule has 2 heterocycles. The predicted molar refractivity (Wildman–Crippen MR) is 108 cm³/mol. The molecule has 6 nitrogen and oxygen atoms in total. The lowest BCUT2D eigenvalue weighted by atomic mass is 10.1. The van der Waals surface area contributed by atoms with Gasteiger partial charge in [0.25, 0.3) is 0 Å². The minimum atomic E-state index is -0.663. The lowest BCUT2D eigenvalue weighted by molar-refractivity contribution is 0.0893. The van der Waals surface area contributed by atoms with Gasteiger partial charge in [-0.15, -0.1) is 5.10 Å². The van der Waals surface area contributed by atoms with Gasteiger partial charge in [0.05, 0.1) is 11.8 Å². The summed E-state index contributed by atoms with van der Waals surface area (Å²) < 4.78 is 33.8. The Labute approximate surface area is 168 Å². The average Bonchev–Trinajstić information content (AvgIpc) is 3.15. The van der Waals surface area contributed by atoms with Gasteiger partial charge in [0.15, 0.2) is 0 Å². The van der Waals surface area contributed by atoms with Crippen molar-refractivity contribution in [2.45, 2.75) is 25.9 Å². The first-order valence-electron chi connectivity index (χ1n) is 9.55. The third-order valence-corrected chi connectivity index (χ3v) is 5.00. The van der Waals surface area contributed by atoms with E-state index in [4.69, 9.17) is 4.74 Å². The standard InChI is InChI=1S/C21H23F2N5O/c1-14-6-17(11-18(7-14)27-5-3-4-20(12-27)29-2)25-21-24-13-28(26-21)19-9-15(22)8-16(23)10-19/h6-11,13,20H,3-5,12H2,1-2H3,(H,25,26). The molecule has 1 unspecified atom stereocenters. The van der Waals surface area contributed by atoms with Crippen molar-refractivity contribution < 1.29 is 13.5 Å². The van der Waals surface area contributed by atoms with E-state index in [9.17, 15) is 8.78 Å². The fraction of sp³-hybridized carbons (Fsp3) is 0.333. The zero-order valence-electron chi connectivity index (χ0n) is 16.4. The van der Waals surface area contributed by atoms with Crippen molar-refractivity contribution in [1.82, 2.24) is 14.8 Å². The van der Waals surface area contributed by atoms with Crippen molar-refractivity contribution in [3.63, 3.8) is 0 Å². The smallest absolute Gasteiger partial charge is 0.246 e. The number of rotatable bonds is 5. The fourth-order valence-electron chi connectivity index (χ4n) is 3.63. The highest BCUT2D eigenvalue weighted by Crippen LogP contribution is 2.27. The van der Waals surface area contributed by atoms with Crippen LogP contribution in [0.2, 0.25) is 0 Å². The van der Waals surface area contributed by atoms with E-state index >= 15 is 0 Å². The largest absolute Gasteiger partial charge is 0.380 e. The van der Waals surface area contributed by atoms with E-state index in [1.807, 2.05) is 19.1 Å². The molecule has 0 radical (unpaired) electrons. The van der Waals surface area contributed by atoms with Crippen LogP contribution in [0, 0.1) is 18.6 Å². The molecule has 2 aromatic carbocycles. The lowest BCUT2D eigenvalue weighted by Gasteiger charge is -2.34. The number of benzene rings is 2. The van der Waals surface area contributed by atoms with Gasteiger partial charge in [-0.1, -0.05) is 0 Å². The highest BCUT2D eigenvalue weighted by Gasteiger charge is 2.20. The van der Waals surface area contributed by atoms with E-state index in [2.05, 4.69) is 26.4 Å². The van der Waals surface area contributed by atoms with Gasteiger partial charge in [-0.3, -0.25) is 0 Å². The molecule has 3 aromatic rings. The maximum atomic E-state index is 13.5. The van der Waals surface area contributed by atoms with Crippen molar-refractivity contribution in [3.05, 3.63) is 59.9 Å². The number of piperidine rings is 1. The van der Waals surface area contributed by atoms with Crippen LogP contribution in [-0.4, -0.2) is 41.1 Å². The number of aryl methyl sites for hydroxylation is 1. The van der Waals surface area contributed by atoms with E-state index in [-0.39, 0.29) is 11.8 Å². The second kappa shape index (κ2) is 8.16. The average molecular weight is 399 g/mol. The first-order chi connectivity index (χ1) is 14.0. The van der Waals surface area contributed by atoms with Crippen molar-refractivity contribution >= 4 is 17.3 Å². The van der Waals surface area contributed by atoms with Gasteiger partial charge < -0.3 is 15.0 Å². The van der Waals surface area contributed by atoms with Gasteiger partial charge in [-0.25, -0.2) is 13.5 Å². The van der Waals surface area contributed by atoms with Crippen LogP contribution in [0.15, 0.2) is 42.7 Å². The molecule has 8 heteroatoms. The monoisotopic (exact) mass is 399 g/mol. The first-order valence-corrected chi connectivity index (χ1v) is 9.55. The summed E-state index contributed by atoms with van der Waals surface area (Å²) in [6.45, 7) is 3.88. The zero-order chi connectivity index (χ0) is 20.4. The normalized spacial score (nSPS) is 16.8. The summed E-state index contributed by atoms with van der Waals surface area (Å²) in [5.74, 6) is -0.979. The molecule has 4 rings (SSSR count). The van der Waals surface area contributed by atoms with Crippen LogP contribution in [0.1, 0.15) is 18.4 Å².